The number of carbonyl (C=O) groups is 1. The molecule has 1 atom stereocenters. The van der Waals surface area contributed by atoms with Gasteiger partial charge in [0.1, 0.15) is 5.69 Å². The number of hydrogen-bond acceptors (Lipinski definition) is 4. The summed E-state index contributed by atoms with van der Waals surface area (Å²) in [6.45, 7) is 2.06. The van der Waals surface area contributed by atoms with Gasteiger partial charge in [-0.05, 0) is 49.2 Å². The van der Waals surface area contributed by atoms with Gasteiger partial charge in [-0.25, -0.2) is 4.68 Å². The first-order valence-corrected chi connectivity index (χ1v) is 8.36. The Labute approximate surface area is 145 Å². The van der Waals surface area contributed by atoms with Crippen LogP contribution in [0.5, 0.6) is 0 Å². The summed E-state index contributed by atoms with van der Waals surface area (Å²) in [5.41, 5.74) is 4.93. The van der Waals surface area contributed by atoms with E-state index in [4.69, 9.17) is 0 Å². The van der Waals surface area contributed by atoms with Crippen LogP contribution < -0.4 is 10.6 Å². The van der Waals surface area contributed by atoms with Gasteiger partial charge in [-0.2, -0.15) is 0 Å². The summed E-state index contributed by atoms with van der Waals surface area (Å²) < 4.78 is 1.77. The molecule has 1 amide bonds. The van der Waals surface area contributed by atoms with Crippen LogP contribution in [0, 0.1) is 0 Å². The van der Waals surface area contributed by atoms with Crippen LogP contribution in [0.1, 0.15) is 30.6 Å². The van der Waals surface area contributed by atoms with Gasteiger partial charge in [-0.3, -0.25) is 4.79 Å². The largest absolute Gasteiger partial charge is 0.377 e. The first-order chi connectivity index (χ1) is 12.2. The number of nitrogens with one attached hydrogen (secondary N) is 2. The van der Waals surface area contributed by atoms with Crippen LogP contribution in [0.4, 0.5) is 11.4 Å². The van der Waals surface area contributed by atoms with Crippen LogP contribution in [0.25, 0.3) is 5.69 Å². The molecule has 0 radical (unpaired) electrons. The lowest BCUT2D eigenvalue weighted by Gasteiger charge is -2.19. The molecule has 126 valence electrons. The number of fused-ring (bicyclic) bond motifs is 1. The zero-order valence-electron chi connectivity index (χ0n) is 13.9. The summed E-state index contributed by atoms with van der Waals surface area (Å²) in [5.74, 6) is 0.0825. The van der Waals surface area contributed by atoms with E-state index in [1.807, 2.05) is 48.7 Å². The summed E-state index contributed by atoms with van der Waals surface area (Å²) in [6, 6.07) is 16.0. The number of rotatable bonds is 4. The maximum Gasteiger partial charge on any atom is 0.224 e. The third-order valence-electron chi connectivity index (χ3n) is 4.36. The first-order valence-electron chi connectivity index (χ1n) is 8.36. The zero-order valence-corrected chi connectivity index (χ0v) is 13.9. The van der Waals surface area contributed by atoms with Crippen LogP contribution in [0.3, 0.4) is 0 Å². The van der Waals surface area contributed by atoms with Gasteiger partial charge in [0.2, 0.25) is 5.91 Å². The van der Waals surface area contributed by atoms with Crippen molar-refractivity contribution in [2.24, 2.45) is 0 Å². The second-order valence-electron chi connectivity index (χ2n) is 6.21. The molecular weight excluding hydrogens is 314 g/mol. The van der Waals surface area contributed by atoms with E-state index in [0.717, 1.165) is 34.7 Å². The highest BCUT2D eigenvalue weighted by Gasteiger charge is 2.16. The molecule has 1 aromatic heterocycles. The third kappa shape index (κ3) is 3.24. The summed E-state index contributed by atoms with van der Waals surface area (Å²) >= 11 is 0. The normalized spacial score (nSPS) is 14.5. The predicted octanol–water partition coefficient (Wildman–Crippen LogP) is 3.33. The van der Waals surface area contributed by atoms with Gasteiger partial charge in [0, 0.05) is 17.8 Å². The highest BCUT2D eigenvalue weighted by atomic mass is 16.1. The molecule has 1 aliphatic heterocycles. The Bertz CT molecular complexity index is 903. The molecule has 25 heavy (non-hydrogen) atoms. The molecule has 4 rings (SSSR count). The first kappa shape index (κ1) is 15.4. The lowest BCUT2D eigenvalue weighted by atomic mass is 10.0. The van der Waals surface area contributed by atoms with Gasteiger partial charge >= 0.3 is 0 Å². The maximum absolute atomic E-state index is 11.4. The molecule has 3 aromatic rings. The van der Waals surface area contributed by atoms with Crippen LogP contribution in [-0.4, -0.2) is 20.9 Å². The van der Waals surface area contributed by atoms with Crippen molar-refractivity contribution in [3.05, 3.63) is 66.0 Å². The van der Waals surface area contributed by atoms with E-state index in [9.17, 15) is 4.79 Å². The Kier molecular flexibility index (Phi) is 3.93. The van der Waals surface area contributed by atoms with Crippen molar-refractivity contribution in [1.82, 2.24) is 15.0 Å². The monoisotopic (exact) mass is 333 g/mol. The quantitative estimate of drug-likeness (QED) is 0.768. The molecule has 6 nitrogen and oxygen atoms in total. The fraction of sp³-hybridized carbons (Fsp3) is 0.211. The zero-order chi connectivity index (χ0) is 17.2. The van der Waals surface area contributed by atoms with E-state index in [2.05, 4.69) is 33.9 Å². The number of aryl methyl sites for hydroxylation is 1. The molecule has 1 unspecified atom stereocenters. The number of anilines is 2. The highest BCUT2D eigenvalue weighted by Crippen LogP contribution is 2.27. The molecule has 2 heterocycles. The van der Waals surface area contributed by atoms with Gasteiger partial charge in [0.15, 0.2) is 0 Å². The van der Waals surface area contributed by atoms with E-state index in [-0.39, 0.29) is 11.9 Å². The minimum atomic E-state index is 0.0219. The van der Waals surface area contributed by atoms with Gasteiger partial charge in [0.05, 0.1) is 17.9 Å². The lowest BCUT2D eigenvalue weighted by molar-refractivity contribution is -0.116. The van der Waals surface area contributed by atoms with Crippen molar-refractivity contribution in [2.75, 3.05) is 10.6 Å². The summed E-state index contributed by atoms with van der Waals surface area (Å²) in [7, 11) is 0. The summed E-state index contributed by atoms with van der Waals surface area (Å²) in [6.07, 6.45) is 3.25. The summed E-state index contributed by atoms with van der Waals surface area (Å²) in [4.78, 5) is 11.4. The van der Waals surface area contributed by atoms with Crippen LogP contribution in [-0.2, 0) is 11.2 Å². The molecule has 0 saturated carbocycles. The number of benzene rings is 2. The van der Waals surface area contributed by atoms with Crippen LogP contribution in [0.2, 0.25) is 0 Å². The topological polar surface area (TPSA) is 71.8 Å². The van der Waals surface area contributed by atoms with Gasteiger partial charge in [-0.1, -0.05) is 23.4 Å². The van der Waals surface area contributed by atoms with E-state index in [0.29, 0.717) is 6.42 Å². The molecule has 0 bridgehead atoms. The number of para-hydroxylation sites is 1. The van der Waals surface area contributed by atoms with Crippen molar-refractivity contribution < 1.29 is 4.79 Å². The van der Waals surface area contributed by atoms with Gasteiger partial charge < -0.3 is 10.6 Å². The van der Waals surface area contributed by atoms with E-state index in [1.165, 1.54) is 0 Å². The predicted molar refractivity (Wildman–Crippen MR) is 96.8 cm³/mol. The SMILES string of the molecule is CC(Nc1ccc2c(c1)CCC(=O)N2)c1cn(-c2ccccc2)nn1. The fourth-order valence-electron chi connectivity index (χ4n) is 2.98. The lowest BCUT2D eigenvalue weighted by Crippen LogP contribution is -2.19. The van der Waals surface area contributed by atoms with Crippen molar-refractivity contribution in [3.63, 3.8) is 0 Å². The number of amides is 1. The Hall–Kier alpha value is -3.15. The Morgan fingerprint density at radius 3 is 2.84 bits per heavy atom. The minimum absolute atomic E-state index is 0.0219. The van der Waals surface area contributed by atoms with E-state index < -0.39 is 0 Å². The number of hydrogen-bond donors (Lipinski definition) is 2. The second kappa shape index (κ2) is 6.39. The standard InChI is InChI=1S/C19H19N5O/c1-13(18-12-24(23-22-18)16-5-3-2-4-6-16)20-15-8-9-17-14(11-15)7-10-19(25)21-17/h2-6,8-9,11-13,20H,7,10H2,1H3,(H,21,25). The minimum Gasteiger partial charge on any atom is -0.377 e. The van der Waals surface area contributed by atoms with Gasteiger partial charge in [-0.15, -0.1) is 5.10 Å². The van der Waals surface area contributed by atoms with Crippen LogP contribution in [0.15, 0.2) is 54.7 Å². The molecule has 0 fully saturated rings. The highest BCUT2D eigenvalue weighted by molar-refractivity contribution is 5.94. The van der Waals surface area contributed by atoms with Crippen molar-refractivity contribution >= 4 is 17.3 Å². The number of carbonyl (C=O) groups excluding carboxylic acids is 1. The molecule has 0 spiro atoms. The van der Waals surface area contributed by atoms with E-state index >= 15 is 0 Å². The molecule has 0 aliphatic carbocycles. The average Bonchev–Trinajstić information content (AvgIpc) is 3.13. The fourth-order valence-corrected chi connectivity index (χ4v) is 2.98. The average molecular weight is 333 g/mol. The van der Waals surface area contributed by atoms with Gasteiger partial charge in [0.25, 0.3) is 0 Å². The third-order valence-corrected chi connectivity index (χ3v) is 4.36. The molecule has 6 heteroatoms. The number of nitrogens with zero attached hydrogens (tertiary/aromatic N) is 3. The number of aromatic nitrogens is 3. The van der Waals surface area contributed by atoms with Crippen molar-refractivity contribution in [2.45, 2.75) is 25.8 Å². The van der Waals surface area contributed by atoms with Crippen molar-refractivity contribution in [3.8, 4) is 5.69 Å². The Morgan fingerprint density at radius 2 is 2.00 bits per heavy atom. The van der Waals surface area contributed by atoms with E-state index in [1.54, 1.807) is 4.68 Å². The summed E-state index contributed by atoms with van der Waals surface area (Å²) in [5, 5.41) is 14.8. The Balaban J connectivity index is 1.50. The Morgan fingerprint density at radius 1 is 1.16 bits per heavy atom. The molecule has 0 saturated heterocycles. The molecule has 2 N–H and O–H groups in total. The molecule has 1 aliphatic rings. The smallest absolute Gasteiger partial charge is 0.224 e. The van der Waals surface area contributed by atoms with Crippen molar-refractivity contribution in [1.29, 1.82) is 0 Å². The molecule has 2 aromatic carbocycles. The molecular formula is C19H19N5O. The second-order valence-corrected chi connectivity index (χ2v) is 6.21. The van der Waals surface area contributed by atoms with Crippen LogP contribution >= 0.6 is 0 Å². The maximum atomic E-state index is 11.4.